The van der Waals surface area contributed by atoms with Gasteiger partial charge in [0.15, 0.2) is 0 Å². The molecule has 5 nitrogen and oxygen atoms in total. The summed E-state index contributed by atoms with van der Waals surface area (Å²) in [4.78, 5) is 12.4. The third-order valence-electron chi connectivity index (χ3n) is 5.09. The number of fused-ring (bicyclic) bond motifs is 1. The maximum absolute atomic E-state index is 12.4. The van der Waals surface area contributed by atoms with Gasteiger partial charge in [0.2, 0.25) is 0 Å². The number of anilines is 2. The molecule has 2 amide bonds. The maximum Gasteiger partial charge on any atom is 0.339 e. The molecule has 146 valence electrons. The summed E-state index contributed by atoms with van der Waals surface area (Å²) in [6, 6.07) is 24.0. The van der Waals surface area contributed by atoms with Crippen LogP contribution in [0.25, 0.3) is 0 Å². The summed E-state index contributed by atoms with van der Waals surface area (Å²) in [5, 5.41) is 10.9. The molecule has 4 rings (SSSR count). The summed E-state index contributed by atoms with van der Waals surface area (Å²) < 4.78 is 0. The molecule has 3 aromatic rings. The van der Waals surface area contributed by atoms with E-state index in [0.29, 0.717) is 6.42 Å². The third kappa shape index (κ3) is 4.29. The molecule has 0 saturated heterocycles. The number of hydrogen-bond donors (Lipinski definition) is 3. The predicted molar refractivity (Wildman–Crippen MR) is 118 cm³/mol. The first-order valence-corrected chi connectivity index (χ1v) is 9.72. The Labute approximate surface area is 170 Å². The van der Waals surface area contributed by atoms with Crippen molar-refractivity contribution in [2.45, 2.75) is 26.3 Å². The normalized spacial score (nSPS) is 16.6. The van der Waals surface area contributed by atoms with Crippen LogP contribution < -0.4 is 16.1 Å². The zero-order valence-corrected chi connectivity index (χ0v) is 16.6. The van der Waals surface area contributed by atoms with Crippen molar-refractivity contribution < 1.29 is 4.79 Å². The van der Waals surface area contributed by atoms with E-state index in [1.165, 1.54) is 5.56 Å². The number of aryl methyl sites for hydroxylation is 2. The van der Waals surface area contributed by atoms with Crippen LogP contribution in [-0.2, 0) is 0 Å². The Hall–Kier alpha value is -3.60. The van der Waals surface area contributed by atoms with Crippen LogP contribution in [0.3, 0.4) is 0 Å². The summed E-state index contributed by atoms with van der Waals surface area (Å²) in [6.45, 7) is 4.00. The van der Waals surface area contributed by atoms with Crippen LogP contribution in [0.1, 0.15) is 34.7 Å². The van der Waals surface area contributed by atoms with Crippen LogP contribution in [0.4, 0.5) is 16.2 Å². The van der Waals surface area contributed by atoms with Gasteiger partial charge >= 0.3 is 6.03 Å². The van der Waals surface area contributed by atoms with E-state index in [-0.39, 0.29) is 12.1 Å². The van der Waals surface area contributed by atoms with Crippen LogP contribution in [0.15, 0.2) is 77.9 Å². The van der Waals surface area contributed by atoms with E-state index in [1.54, 1.807) is 0 Å². The van der Waals surface area contributed by atoms with Gasteiger partial charge in [-0.15, -0.1) is 0 Å². The van der Waals surface area contributed by atoms with E-state index in [1.807, 2.05) is 74.5 Å². The number of hydrazone groups is 1. The van der Waals surface area contributed by atoms with Crippen molar-refractivity contribution in [2.24, 2.45) is 5.10 Å². The van der Waals surface area contributed by atoms with Gasteiger partial charge in [0.25, 0.3) is 0 Å². The number of amides is 2. The molecule has 1 unspecified atom stereocenters. The van der Waals surface area contributed by atoms with Gasteiger partial charge in [-0.1, -0.05) is 66.2 Å². The molecular formula is C24H24N4O. The predicted octanol–water partition coefficient (Wildman–Crippen LogP) is 5.39. The molecule has 0 radical (unpaired) electrons. The molecule has 0 aliphatic carbocycles. The fraction of sp³-hybridized carbons (Fsp3) is 0.167. The molecule has 0 spiro atoms. The van der Waals surface area contributed by atoms with Gasteiger partial charge in [0.05, 0.1) is 11.8 Å². The monoisotopic (exact) mass is 384 g/mol. The van der Waals surface area contributed by atoms with Crippen molar-refractivity contribution in [3.63, 3.8) is 0 Å². The molecule has 1 aliphatic rings. The Bertz CT molecular complexity index is 1060. The summed E-state index contributed by atoms with van der Waals surface area (Å²) in [5.74, 6) is 0. The van der Waals surface area contributed by atoms with Gasteiger partial charge in [0.1, 0.15) is 0 Å². The second-order valence-corrected chi connectivity index (χ2v) is 7.30. The first-order chi connectivity index (χ1) is 14.1. The van der Waals surface area contributed by atoms with Gasteiger partial charge in [-0.2, -0.15) is 5.10 Å². The molecule has 3 N–H and O–H groups in total. The molecule has 3 aromatic carbocycles. The lowest BCUT2D eigenvalue weighted by atomic mass is 9.92. The highest BCUT2D eigenvalue weighted by Crippen LogP contribution is 2.32. The number of nitrogens with one attached hydrogen (secondary N) is 3. The smallest absolute Gasteiger partial charge is 0.339 e. The largest absolute Gasteiger partial charge is 0.377 e. The van der Waals surface area contributed by atoms with Gasteiger partial charge in [-0.25, -0.2) is 10.2 Å². The highest BCUT2D eigenvalue weighted by atomic mass is 16.2. The zero-order valence-electron chi connectivity index (χ0n) is 16.6. The number of carbonyl (C=O) groups excluding carboxylic acids is 1. The van der Waals surface area contributed by atoms with E-state index in [0.717, 1.165) is 33.8 Å². The second kappa shape index (κ2) is 8.19. The van der Waals surface area contributed by atoms with Crippen LogP contribution in [0.5, 0.6) is 0 Å². The second-order valence-electron chi connectivity index (χ2n) is 7.30. The van der Waals surface area contributed by atoms with Crippen molar-refractivity contribution in [3.8, 4) is 0 Å². The Morgan fingerprint density at radius 2 is 1.76 bits per heavy atom. The quantitative estimate of drug-likeness (QED) is 0.530. The highest BCUT2D eigenvalue weighted by molar-refractivity contribution is 6.07. The summed E-state index contributed by atoms with van der Waals surface area (Å²) in [7, 11) is 0. The molecule has 1 heterocycles. The minimum Gasteiger partial charge on any atom is -0.377 e. The zero-order chi connectivity index (χ0) is 20.2. The van der Waals surface area contributed by atoms with Crippen LogP contribution in [-0.4, -0.2) is 11.7 Å². The van der Waals surface area contributed by atoms with E-state index in [4.69, 9.17) is 0 Å². The Balaban J connectivity index is 1.54. The Morgan fingerprint density at radius 1 is 1.00 bits per heavy atom. The van der Waals surface area contributed by atoms with E-state index < -0.39 is 0 Å². The lowest BCUT2D eigenvalue weighted by molar-refractivity contribution is 0.252. The SMILES string of the molecule is Cc1ccc(NC(=O)NN=C2CC(c3ccccc3)Nc3ccccc32)c(C)c1. The van der Waals surface area contributed by atoms with E-state index in [9.17, 15) is 4.79 Å². The summed E-state index contributed by atoms with van der Waals surface area (Å²) >= 11 is 0. The van der Waals surface area contributed by atoms with Crippen molar-refractivity contribution in [2.75, 3.05) is 10.6 Å². The molecule has 1 aliphatic heterocycles. The third-order valence-corrected chi connectivity index (χ3v) is 5.09. The van der Waals surface area contributed by atoms with Crippen molar-refractivity contribution >= 4 is 23.1 Å². The number of urea groups is 1. The molecule has 5 heteroatoms. The highest BCUT2D eigenvalue weighted by Gasteiger charge is 2.24. The summed E-state index contributed by atoms with van der Waals surface area (Å²) in [5.41, 5.74) is 9.68. The average molecular weight is 384 g/mol. The number of hydrogen-bond acceptors (Lipinski definition) is 3. The van der Waals surface area contributed by atoms with Gasteiger partial charge < -0.3 is 10.6 Å². The molecular weight excluding hydrogens is 360 g/mol. The van der Waals surface area contributed by atoms with Gasteiger partial charge in [-0.3, -0.25) is 0 Å². The minimum absolute atomic E-state index is 0.106. The van der Waals surface area contributed by atoms with Crippen LogP contribution in [0, 0.1) is 13.8 Å². The fourth-order valence-electron chi connectivity index (χ4n) is 3.62. The van der Waals surface area contributed by atoms with Crippen LogP contribution >= 0.6 is 0 Å². The molecule has 29 heavy (non-hydrogen) atoms. The van der Waals surface area contributed by atoms with Crippen molar-refractivity contribution in [1.82, 2.24) is 5.43 Å². The van der Waals surface area contributed by atoms with Crippen molar-refractivity contribution in [1.29, 1.82) is 0 Å². The number of para-hydroxylation sites is 1. The molecule has 0 saturated carbocycles. The lowest BCUT2D eigenvalue weighted by Crippen LogP contribution is -2.29. The maximum atomic E-state index is 12.4. The molecule has 0 fully saturated rings. The molecule has 1 atom stereocenters. The average Bonchev–Trinajstić information content (AvgIpc) is 2.74. The number of nitrogens with zero attached hydrogens (tertiary/aromatic N) is 1. The number of benzene rings is 3. The minimum atomic E-state index is -0.350. The first-order valence-electron chi connectivity index (χ1n) is 9.72. The Morgan fingerprint density at radius 3 is 2.55 bits per heavy atom. The number of rotatable bonds is 3. The fourth-order valence-corrected chi connectivity index (χ4v) is 3.62. The summed E-state index contributed by atoms with van der Waals surface area (Å²) in [6.07, 6.45) is 0.685. The standard InChI is InChI=1S/C24H24N4O/c1-16-12-13-20(17(2)14-16)26-24(29)28-27-23-15-22(18-8-4-3-5-9-18)25-21-11-7-6-10-19(21)23/h3-14,22,25H,15H2,1-2H3,(H2,26,28,29). The molecule has 0 aromatic heterocycles. The topological polar surface area (TPSA) is 65.5 Å². The van der Waals surface area contributed by atoms with Crippen molar-refractivity contribution in [3.05, 3.63) is 95.1 Å². The number of carbonyl (C=O) groups is 1. The van der Waals surface area contributed by atoms with Gasteiger partial charge in [-0.05, 0) is 37.1 Å². The Kier molecular flexibility index (Phi) is 5.29. The van der Waals surface area contributed by atoms with Gasteiger partial charge in [0, 0.05) is 23.4 Å². The van der Waals surface area contributed by atoms with Crippen LogP contribution in [0.2, 0.25) is 0 Å². The molecule has 0 bridgehead atoms. The lowest BCUT2D eigenvalue weighted by Gasteiger charge is -2.28. The first kappa shape index (κ1) is 18.7. The van der Waals surface area contributed by atoms with E-state index in [2.05, 4.69) is 33.3 Å². The van der Waals surface area contributed by atoms with E-state index >= 15 is 0 Å².